The van der Waals surface area contributed by atoms with Crippen LogP contribution in [0, 0.1) is 19.8 Å². The van der Waals surface area contributed by atoms with E-state index >= 15 is 0 Å². The lowest BCUT2D eigenvalue weighted by Crippen LogP contribution is -2.17. The molecule has 0 aliphatic heterocycles. The molecule has 1 heterocycles. The Hall–Kier alpha value is -2.79. The smallest absolute Gasteiger partial charge is 0.238 e. The van der Waals surface area contributed by atoms with Gasteiger partial charge in [0.25, 0.3) is 0 Å². The van der Waals surface area contributed by atoms with E-state index < -0.39 is 0 Å². The fourth-order valence-electron chi connectivity index (χ4n) is 2.64. The van der Waals surface area contributed by atoms with Crippen molar-refractivity contribution in [3.8, 4) is 17.3 Å². The first-order chi connectivity index (χ1) is 13.4. The highest BCUT2D eigenvalue weighted by molar-refractivity contribution is 6.30. The van der Waals surface area contributed by atoms with Crippen molar-refractivity contribution in [2.75, 3.05) is 6.54 Å². The van der Waals surface area contributed by atoms with Gasteiger partial charge in [0.1, 0.15) is 5.75 Å². The minimum atomic E-state index is 0.535. The molecule has 0 aliphatic carbocycles. The Labute approximate surface area is 171 Å². The number of ether oxygens (including phenoxy) is 1. The number of aryl methyl sites for hydroxylation is 2. The number of hydrogen-bond acceptors (Lipinski definition) is 3. The van der Waals surface area contributed by atoms with Gasteiger partial charge in [-0.25, -0.2) is 9.67 Å². The van der Waals surface area contributed by atoms with Gasteiger partial charge in [0, 0.05) is 23.8 Å². The number of rotatable bonds is 7. The predicted molar refractivity (Wildman–Crippen MR) is 116 cm³/mol. The van der Waals surface area contributed by atoms with Crippen molar-refractivity contribution in [2.45, 2.75) is 27.7 Å². The van der Waals surface area contributed by atoms with Crippen LogP contribution in [0.2, 0.25) is 5.02 Å². The maximum absolute atomic E-state index is 6.00. The van der Waals surface area contributed by atoms with E-state index in [0.29, 0.717) is 16.8 Å². The van der Waals surface area contributed by atoms with Crippen molar-refractivity contribution in [1.82, 2.24) is 15.1 Å². The second-order valence-electron chi connectivity index (χ2n) is 7.14. The summed E-state index contributed by atoms with van der Waals surface area (Å²) in [5.74, 6) is 1.89. The number of aromatic nitrogens is 2. The molecule has 2 aromatic carbocycles. The van der Waals surface area contributed by atoms with Gasteiger partial charge in [0.2, 0.25) is 5.88 Å². The van der Waals surface area contributed by atoms with Crippen LogP contribution in [0.5, 0.6) is 11.6 Å². The van der Waals surface area contributed by atoms with Gasteiger partial charge in [-0.3, -0.25) is 0 Å². The maximum atomic E-state index is 6.00. The standard InChI is InChI=1S/C22H25ClN4O/c1-15(2)13-24-14-25-20-11-17(4)21(12-16(20)3)28-22-9-10-27(26-22)19-7-5-18(23)6-8-19/h5-12,14-15H,13H2,1-4H3,(H,24,25). The van der Waals surface area contributed by atoms with E-state index in [-0.39, 0.29) is 0 Å². The van der Waals surface area contributed by atoms with Gasteiger partial charge >= 0.3 is 0 Å². The highest BCUT2D eigenvalue weighted by atomic mass is 35.5. The number of nitrogens with one attached hydrogen (secondary N) is 1. The molecule has 0 fully saturated rings. The van der Waals surface area contributed by atoms with E-state index in [4.69, 9.17) is 16.3 Å². The molecule has 28 heavy (non-hydrogen) atoms. The first-order valence-electron chi connectivity index (χ1n) is 9.29. The number of hydrogen-bond donors (Lipinski definition) is 1. The molecule has 0 unspecified atom stereocenters. The van der Waals surface area contributed by atoms with Crippen LogP contribution >= 0.6 is 11.6 Å². The van der Waals surface area contributed by atoms with Crippen LogP contribution in [0.15, 0.2) is 53.7 Å². The van der Waals surface area contributed by atoms with E-state index in [1.807, 2.05) is 62.5 Å². The molecule has 5 nitrogen and oxygen atoms in total. The monoisotopic (exact) mass is 396 g/mol. The Morgan fingerprint density at radius 1 is 1.14 bits per heavy atom. The Morgan fingerprint density at radius 3 is 2.61 bits per heavy atom. The van der Waals surface area contributed by atoms with Crippen molar-refractivity contribution in [1.29, 1.82) is 0 Å². The molecule has 146 valence electrons. The van der Waals surface area contributed by atoms with Gasteiger partial charge in [-0.1, -0.05) is 25.4 Å². The minimum absolute atomic E-state index is 0.535. The van der Waals surface area contributed by atoms with E-state index in [2.05, 4.69) is 29.3 Å². The van der Waals surface area contributed by atoms with Crippen LogP contribution < -0.4 is 10.1 Å². The van der Waals surface area contributed by atoms with Gasteiger partial charge in [0.15, 0.2) is 0 Å². The molecular formula is C22H25ClN4O. The lowest BCUT2D eigenvalue weighted by Gasteiger charge is -2.10. The van der Waals surface area contributed by atoms with Crippen LogP contribution in [-0.2, 0) is 0 Å². The second-order valence-corrected chi connectivity index (χ2v) is 7.58. The van der Waals surface area contributed by atoms with Crippen molar-refractivity contribution in [3.63, 3.8) is 0 Å². The first-order valence-corrected chi connectivity index (χ1v) is 9.67. The molecule has 0 saturated carbocycles. The molecular weight excluding hydrogens is 372 g/mol. The number of benzene rings is 2. The summed E-state index contributed by atoms with van der Waals surface area (Å²) in [6.45, 7) is 9.26. The minimum Gasteiger partial charge on any atom is -0.437 e. The summed E-state index contributed by atoms with van der Waals surface area (Å²) < 4.78 is 7.76. The first kappa shape index (κ1) is 20.0. The molecule has 0 radical (unpaired) electrons. The fourth-order valence-corrected chi connectivity index (χ4v) is 2.77. The lowest BCUT2D eigenvalue weighted by molar-refractivity contribution is 0.454. The molecule has 6 heteroatoms. The SMILES string of the molecule is Cc1cc(Oc2ccn(-c3ccc(Cl)cc3)n2)c(C)cc1/N=C/NCC(C)C. The van der Waals surface area contributed by atoms with Gasteiger partial charge < -0.3 is 10.1 Å². The summed E-state index contributed by atoms with van der Waals surface area (Å²) >= 11 is 5.94. The summed E-state index contributed by atoms with van der Waals surface area (Å²) in [4.78, 5) is 4.52. The average Bonchev–Trinajstić information content (AvgIpc) is 3.11. The van der Waals surface area contributed by atoms with Crippen LogP contribution in [0.4, 0.5) is 5.69 Å². The largest absolute Gasteiger partial charge is 0.437 e. The molecule has 0 bridgehead atoms. The molecule has 0 aliphatic rings. The third-order valence-corrected chi connectivity index (χ3v) is 4.44. The Kier molecular flexibility index (Phi) is 6.37. The zero-order valence-corrected chi connectivity index (χ0v) is 17.4. The van der Waals surface area contributed by atoms with Crippen molar-refractivity contribution < 1.29 is 4.74 Å². The van der Waals surface area contributed by atoms with E-state index in [0.717, 1.165) is 34.8 Å². The summed E-state index contributed by atoms with van der Waals surface area (Å²) in [7, 11) is 0. The average molecular weight is 397 g/mol. The van der Waals surface area contributed by atoms with E-state index in [9.17, 15) is 0 Å². The van der Waals surface area contributed by atoms with E-state index in [1.54, 1.807) is 11.0 Å². The maximum Gasteiger partial charge on any atom is 0.238 e. The molecule has 0 spiro atoms. The zero-order valence-electron chi connectivity index (χ0n) is 16.6. The van der Waals surface area contributed by atoms with Crippen LogP contribution in [0.3, 0.4) is 0 Å². The highest BCUT2D eigenvalue weighted by Gasteiger charge is 2.09. The second kappa shape index (κ2) is 8.93. The summed E-state index contributed by atoms with van der Waals surface area (Å²) in [5, 5.41) is 8.39. The zero-order chi connectivity index (χ0) is 20.1. The van der Waals surface area contributed by atoms with Crippen LogP contribution in [0.1, 0.15) is 25.0 Å². The molecule has 0 atom stereocenters. The Bertz CT molecular complexity index is 961. The summed E-state index contributed by atoms with van der Waals surface area (Å²) in [6.07, 6.45) is 3.62. The quantitative estimate of drug-likeness (QED) is 0.403. The third-order valence-electron chi connectivity index (χ3n) is 4.18. The topological polar surface area (TPSA) is 51.4 Å². The van der Waals surface area contributed by atoms with Crippen molar-refractivity contribution in [3.05, 3.63) is 64.8 Å². The Balaban J connectivity index is 1.72. The number of halogens is 1. The molecule has 1 aromatic heterocycles. The molecule has 3 rings (SSSR count). The highest BCUT2D eigenvalue weighted by Crippen LogP contribution is 2.31. The van der Waals surface area contributed by atoms with Gasteiger partial charge in [-0.2, -0.15) is 0 Å². The van der Waals surface area contributed by atoms with Crippen molar-refractivity contribution >= 4 is 23.6 Å². The van der Waals surface area contributed by atoms with Crippen molar-refractivity contribution in [2.24, 2.45) is 10.9 Å². The molecule has 0 amide bonds. The lowest BCUT2D eigenvalue weighted by atomic mass is 10.1. The molecule has 3 aromatic rings. The van der Waals surface area contributed by atoms with Gasteiger partial charge in [-0.15, -0.1) is 5.10 Å². The van der Waals surface area contributed by atoms with Gasteiger partial charge in [0.05, 0.1) is 17.7 Å². The summed E-state index contributed by atoms with van der Waals surface area (Å²) in [6, 6.07) is 13.3. The molecule has 0 saturated heterocycles. The third kappa shape index (κ3) is 5.14. The Morgan fingerprint density at radius 2 is 1.89 bits per heavy atom. The predicted octanol–water partition coefficient (Wildman–Crippen LogP) is 5.84. The van der Waals surface area contributed by atoms with Crippen LogP contribution in [0.25, 0.3) is 5.69 Å². The van der Waals surface area contributed by atoms with Gasteiger partial charge in [-0.05, 0) is 67.3 Å². The molecule has 1 N–H and O–H groups in total. The van der Waals surface area contributed by atoms with Crippen LogP contribution in [-0.4, -0.2) is 22.7 Å². The fraction of sp³-hybridized carbons (Fsp3) is 0.273. The number of nitrogens with zero attached hydrogens (tertiary/aromatic N) is 3. The van der Waals surface area contributed by atoms with E-state index in [1.165, 1.54) is 0 Å². The number of aliphatic imine (C=N–C) groups is 1. The summed E-state index contributed by atoms with van der Waals surface area (Å²) in [5.41, 5.74) is 3.89. The normalized spacial score (nSPS) is 11.4.